The molecule has 3 nitrogen and oxygen atoms in total. The number of ether oxygens (including phenoxy) is 1. The highest BCUT2D eigenvalue weighted by molar-refractivity contribution is 7.17. The van der Waals surface area contributed by atoms with Crippen molar-refractivity contribution >= 4 is 17.3 Å². The summed E-state index contributed by atoms with van der Waals surface area (Å²) in [5, 5.41) is 0.526. The number of alkyl halides is 3. The highest BCUT2D eigenvalue weighted by atomic mass is 32.1. The quantitative estimate of drug-likeness (QED) is 0.654. The monoisotopic (exact) mass is 357 g/mol. The molecule has 1 heterocycles. The number of hydrogen-bond acceptors (Lipinski definition) is 4. The van der Waals surface area contributed by atoms with E-state index >= 15 is 0 Å². The van der Waals surface area contributed by atoms with Gasteiger partial charge in [-0.2, -0.15) is 13.2 Å². The third-order valence-electron chi connectivity index (χ3n) is 3.38. The first-order valence-electron chi connectivity index (χ1n) is 7.71. The van der Waals surface area contributed by atoms with Gasteiger partial charge in [0.15, 0.2) is 0 Å². The minimum absolute atomic E-state index is 0.263. The van der Waals surface area contributed by atoms with Crippen LogP contribution in [0.15, 0.2) is 24.3 Å². The molecule has 130 valence electrons. The molecule has 0 fully saturated rings. The average molecular weight is 357 g/mol. The zero-order chi connectivity index (χ0) is 17.7. The van der Waals surface area contributed by atoms with Crippen LogP contribution in [0.2, 0.25) is 0 Å². The Morgan fingerprint density at radius 3 is 2.42 bits per heavy atom. The molecule has 0 radical (unpaired) electrons. The summed E-state index contributed by atoms with van der Waals surface area (Å²) >= 11 is 1.16. The number of aromatic nitrogens is 1. The lowest BCUT2D eigenvalue weighted by Gasteiger charge is -2.06. The largest absolute Gasteiger partial charge is 0.462 e. The zero-order valence-electron chi connectivity index (χ0n) is 13.4. The molecule has 0 bridgehead atoms. The van der Waals surface area contributed by atoms with Crippen molar-refractivity contribution in [3.8, 4) is 10.6 Å². The van der Waals surface area contributed by atoms with E-state index in [1.807, 2.05) is 6.92 Å². The Balaban J connectivity index is 2.34. The lowest BCUT2D eigenvalue weighted by molar-refractivity contribution is -0.137. The zero-order valence-corrected chi connectivity index (χ0v) is 14.3. The molecule has 0 unspecified atom stereocenters. The summed E-state index contributed by atoms with van der Waals surface area (Å²) in [6.45, 7) is 4.02. The predicted octanol–water partition coefficient (Wildman–Crippen LogP) is 5.35. The number of hydrogen-bond donors (Lipinski definition) is 0. The molecule has 24 heavy (non-hydrogen) atoms. The fourth-order valence-corrected chi connectivity index (χ4v) is 3.16. The molecule has 0 spiro atoms. The molecule has 2 aromatic rings. The topological polar surface area (TPSA) is 39.2 Å². The van der Waals surface area contributed by atoms with E-state index in [1.54, 1.807) is 6.92 Å². The molecule has 0 saturated heterocycles. The number of aryl methyl sites for hydroxylation is 1. The second-order valence-corrected chi connectivity index (χ2v) is 6.19. The summed E-state index contributed by atoms with van der Waals surface area (Å²) < 4.78 is 43.0. The molecule has 1 aromatic heterocycles. The lowest BCUT2D eigenvalue weighted by Crippen LogP contribution is -2.05. The highest BCUT2D eigenvalue weighted by Crippen LogP contribution is 2.33. The summed E-state index contributed by atoms with van der Waals surface area (Å²) in [5.41, 5.74) is 0.496. The van der Waals surface area contributed by atoms with Gasteiger partial charge in [0.25, 0.3) is 0 Å². The molecule has 7 heteroatoms. The highest BCUT2D eigenvalue weighted by Gasteiger charge is 2.30. The maximum Gasteiger partial charge on any atom is 0.416 e. The Morgan fingerprint density at radius 2 is 1.88 bits per heavy atom. The molecule has 2 rings (SSSR count). The third kappa shape index (κ3) is 4.35. The van der Waals surface area contributed by atoms with Gasteiger partial charge in [0.05, 0.1) is 17.9 Å². The average Bonchev–Trinajstić information content (AvgIpc) is 2.96. The molecule has 1 aromatic carbocycles. The van der Waals surface area contributed by atoms with Gasteiger partial charge in [0.1, 0.15) is 9.88 Å². The molecular formula is C17H18F3NO2S. The molecule has 0 aliphatic heterocycles. The second-order valence-electron chi connectivity index (χ2n) is 5.19. The summed E-state index contributed by atoms with van der Waals surface area (Å²) in [4.78, 5) is 16.9. The Bertz CT molecular complexity index is 693. The van der Waals surface area contributed by atoms with Gasteiger partial charge >= 0.3 is 12.1 Å². The van der Waals surface area contributed by atoms with Crippen LogP contribution in [0, 0.1) is 0 Å². The van der Waals surface area contributed by atoms with E-state index in [0.717, 1.165) is 36.3 Å². The lowest BCUT2D eigenvalue weighted by atomic mass is 10.1. The van der Waals surface area contributed by atoms with Crippen molar-refractivity contribution in [2.24, 2.45) is 0 Å². The van der Waals surface area contributed by atoms with Crippen molar-refractivity contribution in [3.05, 3.63) is 40.4 Å². The van der Waals surface area contributed by atoms with E-state index in [4.69, 9.17) is 4.74 Å². The third-order valence-corrected chi connectivity index (χ3v) is 4.51. The summed E-state index contributed by atoms with van der Waals surface area (Å²) in [5.74, 6) is -0.431. The van der Waals surface area contributed by atoms with Gasteiger partial charge in [-0.25, -0.2) is 9.78 Å². The van der Waals surface area contributed by atoms with Crippen molar-refractivity contribution in [2.75, 3.05) is 6.61 Å². The summed E-state index contributed by atoms with van der Waals surface area (Å²) in [7, 11) is 0. The van der Waals surface area contributed by atoms with Crippen LogP contribution in [0.5, 0.6) is 0 Å². The summed E-state index contributed by atoms with van der Waals surface area (Å²) in [6, 6.07) is 4.79. The first kappa shape index (κ1) is 18.4. The van der Waals surface area contributed by atoms with Gasteiger partial charge in [0, 0.05) is 5.56 Å². The first-order chi connectivity index (χ1) is 11.4. The van der Waals surface area contributed by atoms with E-state index in [9.17, 15) is 18.0 Å². The number of rotatable bonds is 6. The second kappa shape index (κ2) is 7.79. The van der Waals surface area contributed by atoms with Crippen molar-refractivity contribution in [3.63, 3.8) is 0 Å². The summed E-state index contributed by atoms with van der Waals surface area (Å²) in [6.07, 6.45) is -1.90. The number of carbonyl (C=O) groups excluding carboxylic acids is 1. The Hall–Kier alpha value is -1.89. The predicted molar refractivity (Wildman–Crippen MR) is 87.1 cm³/mol. The number of benzene rings is 1. The smallest absolute Gasteiger partial charge is 0.416 e. The van der Waals surface area contributed by atoms with Gasteiger partial charge in [-0.1, -0.05) is 25.5 Å². The van der Waals surface area contributed by atoms with Crippen LogP contribution in [0.3, 0.4) is 0 Å². The van der Waals surface area contributed by atoms with E-state index in [-0.39, 0.29) is 6.61 Å². The van der Waals surface area contributed by atoms with Gasteiger partial charge < -0.3 is 4.74 Å². The van der Waals surface area contributed by atoms with E-state index in [2.05, 4.69) is 4.98 Å². The van der Waals surface area contributed by atoms with Crippen molar-refractivity contribution < 1.29 is 22.7 Å². The van der Waals surface area contributed by atoms with E-state index in [1.165, 1.54) is 12.1 Å². The van der Waals surface area contributed by atoms with Gasteiger partial charge in [-0.05, 0) is 31.9 Å². The maximum absolute atomic E-state index is 12.6. The number of nitrogens with zero attached hydrogens (tertiary/aromatic N) is 1. The van der Waals surface area contributed by atoms with Crippen LogP contribution in [0.25, 0.3) is 10.6 Å². The first-order valence-corrected chi connectivity index (χ1v) is 8.52. The molecule has 0 N–H and O–H groups in total. The number of esters is 1. The Kier molecular flexibility index (Phi) is 5.99. The van der Waals surface area contributed by atoms with E-state index in [0.29, 0.717) is 27.6 Å². The van der Waals surface area contributed by atoms with Gasteiger partial charge in [-0.15, -0.1) is 11.3 Å². The molecule has 0 amide bonds. The Morgan fingerprint density at radius 1 is 1.21 bits per heavy atom. The van der Waals surface area contributed by atoms with Crippen LogP contribution in [-0.2, 0) is 17.3 Å². The van der Waals surface area contributed by atoms with Crippen molar-refractivity contribution in [1.82, 2.24) is 4.98 Å². The molecule has 0 aliphatic carbocycles. The number of halogens is 3. The fourth-order valence-electron chi connectivity index (χ4n) is 2.15. The standard InChI is InChI=1S/C17H18F3NO2S/c1-3-5-6-13-14(16(22)23-4-2)24-15(21-13)11-7-9-12(10-8-11)17(18,19)20/h7-10H,3-6H2,1-2H3. The van der Waals surface area contributed by atoms with Crippen LogP contribution >= 0.6 is 11.3 Å². The van der Waals surface area contributed by atoms with Crippen LogP contribution in [0.1, 0.15) is 47.6 Å². The van der Waals surface area contributed by atoms with Gasteiger partial charge in [-0.3, -0.25) is 0 Å². The van der Waals surface area contributed by atoms with E-state index < -0.39 is 17.7 Å². The number of carbonyl (C=O) groups is 1. The number of thiazole rings is 1. The van der Waals surface area contributed by atoms with Gasteiger partial charge in [0.2, 0.25) is 0 Å². The number of unbranched alkanes of at least 4 members (excludes halogenated alkanes) is 1. The maximum atomic E-state index is 12.6. The molecular weight excluding hydrogens is 339 g/mol. The van der Waals surface area contributed by atoms with Crippen LogP contribution < -0.4 is 0 Å². The molecule has 0 saturated carbocycles. The molecule has 0 atom stereocenters. The SMILES string of the molecule is CCCCc1nc(-c2ccc(C(F)(F)F)cc2)sc1C(=O)OCC. The van der Waals surface area contributed by atoms with Crippen molar-refractivity contribution in [2.45, 2.75) is 39.3 Å². The van der Waals surface area contributed by atoms with Crippen molar-refractivity contribution in [1.29, 1.82) is 0 Å². The minimum atomic E-state index is -4.37. The molecule has 0 aliphatic rings. The Labute approximate surface area is 142 Å². The fraction of sp³-hybridized carbons (Fsp3) is 0.412. The minimum Gasteiger partial charge on any atom is -0.462 e. The van der Waals surface area contributed by atoms with Crippen LogP contribution in [-0.4, -0.2) is 17.6 Å². The van der Waals surface area contributed by atoms with Crippen LogP contribution in [0.4, 0.5) is 13.2 Å². The normalized spacial score (nSPS) is 11.5.